The molecule has 3 heteroatoms. The lowest BCUT2D eigenvalue weighted by atomic mass is 10.0. The summed E-state index contributed by atoms with van der Waals surface area (Å²) < 4.78 is 18.3. The maximum Gasteiger partial charge on any atom is 0.134 e. The number of rotatable bonds is 3. The monoisotopic (exact) mass is 196 g/mol. The predicted molar refractivity (Wildman–Crippen MR) is 52.1 cm³/mol. The van der Waals surface area contributed by atoms with Crippen LogP contribution in [0.2, 0.25) is 0 Å². The van der Waals surface area contributed by atoms with Gasteiger partial charge >= 0.3 is 0 Å². The zero-order chi connectivity index (χ0) is 10.7. The highest BCUT2D eigenvalue weighted by molar-refractivity contribution is 5.78. The van der Waals surface area contributed by atoms with E-state index in [0.717, 1.165) is 5.56 Å². The van der Waals surface area contributed by atoms with Crippen molar-refractivity contribution < 1.29 is 13.9 Å². The van der Waals surface area contributed by atoms with E-state index < -0.39 is 0 Å². The van der Waals surface area contributed by atoms with Gasteiger partial charge in [-0.25, -0.2) is 4.39 Å². The van der Waals surface area contributed by atoms with Crippen molar-refractivity contribution in [1.29, 1.82) is 0 Å². The molecule has 0 unspecified atom stereocenters. The lowest BCUT2D eigenvalue weighted by Crippen LogP contribution is -2.02. The summed E-state index contributed by atoms with van der Waals surface area (Å²) in [5.41, 5.74) is 1.20. The number of benzene rings is 1. The van der Waals surface area contributed by atoms with Gasteiger partial charge in [0.1, 0.15) is 17.3 Å². The van der Waals surface area contributed by atoms with Crippen LogP contribution in [0.4, 0.5) is 4.39 Å². The van der Waals surface area contributed by atoms with Crippen molar-refractivity contribution in [2.24, 2.45) is 0 Å². The van der Waals surface area contributed by atoms with E-state index >= 15 is 0 Å². The fourth-order valence-electron chi connectivity index (χ4n) is 1.33. The Hall–Kier alpha value is -1.38. The Morgan fingerprint density at radius 2 is 2.14 bits per heavy atom. The second-order valence-electron chi connectivity index (χ2n) is 3.28. The molecule has 0 radical (unpaired) electrons. The number of Topliss-reactive ketones (excluding diaryl/α,β-unsaturated/α-hetero) is 1. The number of hydrogen-bond acceptors (Lipinski definition) is 2. The molecule has 0 bridgehead atoms. The van der Waals surface area contributed by atoms with Crippen LogP contribution < -0.4 is 4.74 Å². The van der Waals surface area contributed by atoms with Gasteiger partial charge in [-0.05, 0) is 31.0 Å². The highest BCUT2D eigenvalue weighted by Crippen LogP contribution is 2.21. The predicted octanol–water partition coefficient (Wildman–Crippen LogP) is 2.27. The molecule has 0 aliphatic heterocycles. The number of ketones is 1. The van der Waals surface area contributed by atoms with Crippen LogP contribution in [0.25, 0.3) is 0 Å². The molecular weight excluding hydrogens is 183 g/mol. The molecule has 2 nitrogen and oxygen atoms in total. The van der Waals surface area contributed by atoms with Gasteiger partial charge in [-0.2, -0.15) is 0 Å². The number of halogens is 1. The molecule has 0 N–H and O–H groups in total. The van der Waals surface area contributed by atoms with E-state index in [2.05, 4.69) is 0 Å². The Bertz CT molecular complexity index is 335. The minimum atomic E-state index is -0.378. The van der Waals surface area contributed by atoms with Crippen molar-refractivity contribution >= 4 is 5.78 Å². The second-order valence-corrected chi connectivity index (χ2v) is 3.28. The van der Waals surface area contributed by atoms with Crippen LogP contribution in [0.3, 0.4) is 0 Å². The number of methoxy groups -OCH3 is 1. The third-order valence-corrected chi connectivity index (χ3v) is 2.05. The summed E-state index contributed by atoms with van der Waals surface area (Å²) in [6.07, 6.45) is 0.141. The standard InChI is InChI=1S/C11H13FO2/c1-7-4-9(14-3)6-11(12)10(7)5-8(2)13/h4,6H,5H2,1-3H3. The first-order valence-corrected chi connectivity index (χ1v) is 4.37. The molecule has 0 spiro atoms. The zero-order valence-electron chi connectivity index (χ0n) is 8.56. The van der Waals surface area contributed by atoms with Crippen molar-refractivity contribution in [1.82, 2.24) is 0 Å². The highest BCUT2D eigenvalue weighted by atomic mass is 19.1. The highest BCUT2D eigenvalue weighted by Gasteiger charge is 2.10. The minimum Gasteiger partial charge on any atom is -0.497 e. The summed E-state index contributed by atoms with van der Waals surface area (Å²) in [6.45, 7) is 3.22. The summed E-state index contributed by atoms with van der Waals surface area (Å²) in [5.74, 6) is 0.0570. The largest absolute Gasteiger partial charge is 0.497 e. The van der Waals surface area contributed by atoms with E-state index in [-0.39, 0.29) is 18.0 Å². The second kappa shape index (κ2) is 4.22. The average Bonchev–Trinajstić information content (AvgIpc) is 2.10. The van der Waals surface area contributed by atoms with E-state index in [1.807, 2.05) is 0 Å². The Morgan fingerprint density at radius 3 is 2.57 bits per heavy atom. The normalized spacial score (nSPS) is 10.0. The Labute approximate surface area is 82.7 Å². The van der Waals surface area contributed by atoms with Gasteiger partial charge in [-0.1, -0.05) is 0 Å². The summed E-state index contributed by atoms with van der Waals surface area (Å²) in [5, 5.41) is 0. The van der Waals surface area contributed by atoms with Gasteiger partial charge in [0.2, 0.25) is 0 Å². The molecule has 0 amide bonds. The quantitative estimate of drug-likeness (QED) is 0.741. The fourth-order valence-corrected chi connectivity index (χ4v) is 1.33. The summed E-state index contributed by atoms with van der Waals surface area (Å²) in [7, 11) is 1.48. The number of carbonyl (C=O) groups is 1. The Morgan fingerprint density at radius 1 is 1.50 bits per heavy atom. The summed E-state index contributed by atoms with van der Waals surface area (Å²) >= 11 is 0. The first-order valence-electron chi connectivity index (χ1n) is 4.37. The molecule has 76 valence electrons. The topological polar surface area (TPSA) is 26.3 Å². The molecule has 0 fully saturated rings. The molecular formula is C11H13FO2. The zero-order valence-corrected chi connectivity index (χ0v) is 8.56. The van der Waals surface area contributed by atoms with E-state index in [9.17, 15) is 9.18 Å². The average molecular weight is 196 g/mol. The van der Waals surface area contributed by atoms with Gasteiger partial charge < -0.3 is 4.74 Å². The minimum absolute atomic E-state index is 0.0443. The van der Waals surface area contributed by atoms with E-state index in [4.69, 9.17) is 4.74 Å². The number of aryl methyl sites for hydroxylation is 1. The van der Waals surface area contributed by atoms with E-state index in [1.165, 1.54) is 20.1 Å². The molecule has 0 saturated carbocycles. The van der Waals surface area contributed by atoms with E-state index in [1.54, 1.807) is 13.0 Å². The molecule has 0 heterocycles. The third-order valence-electron chi connectivity index (χ3n) is 2.05. The van der Waals surface area contributed by atoms with Crippen LogP contribution in [0, 0.1) is 12.7 Å². The maximum absolute atomic E-state index is 13.4. The first-order chi connectivity index (χ1) is 6.54. The van der Waals surface area contributed by atoms with Gasteiger partial charge in [-0.15, -0.1) is 0 Å². The van der Waals surface area contributed by atoms with Gasteiger partial charge in [0, 0.05) is 12.5 Å². The van der Waals surface area contributed by atoms with Crippen LogP contribution in [-0.4, -0.2) is 12.9 Å². The number of hydrogen-bond donors (Lipinski definition) is 0. The van der Waals surface area contributed by atoms with Crippen molar-refractivity contribution in [2.75, 3.05) is 7.11 Å². The van der Waals surface area contributed by atoms with E-state index in [0.29, 0.717) is 11.3 Å². The van der Waals surface area contributed by atoms with Crippen molar-refractivity contribution in [3.63, 3.8) is 0 Å². The molecule has 0 aromatic heterocycles. The van der Waals surface area contributed by atoms with Crippen LogP contribution in [0.5, 0.6) is 5.75 Å². The van der Waals surface area contributed by atoms with Crippen LogP contribution in [0.1, 0.15) is 18.1 Å². The van der Waals surface area contributed by atoms with Crippen molar-refractivity contribution in [2.45, 2.75) is 20.3 Å². The summed E-state index contributed by atoms with van der Waals surface area (Å²) in [4.78, 5) is 10.9. The third kappa shape index (κ3) is 2.31. The van der Waals surface area contributed by atoms with Crippen molar-refractivity contribution in [3.8, 4) is 5.75 Å². The van der Waals surface area contributed by atoms with Gasteiger partial charge in [0.25, 0.3) is 0 Å². The molecule has 0 atom stereocenters. The van der Waals surface area contributed by atoms with Gasteiger partial charge in [0.15, 0.2) is 0 Å². The fraction of sp³-hybridized carbons (Fsp3) is 0.364. The Kier molecular flexibility index (Phi) is 3.23. The van der Waals surface area contributed by atoms with Crippen LogP contribution in [0.15, 0.2) is 12.1 Å². The SMILES string of the molecule is COc1cc(C)c(CC(C)=O)c(F)c1. The first kappa shape index (κ1) is 10.7. The molecule has 0 saturated heterocycles. The molecule has 0 aliphatic rings. The molecule has 14 heavy (non-hydrogen) atoms. The molecule has 1 aromatic carbocycles. The summed E-state index contributed by atoms with van der Waals surface area (Å²) in [6, 6.07) is 3.02. The van der Waals surface area contributed by atoms with Gasteiger partial charge in [-0.3, -0.25) is 4.79 Å². The molecule has 1 aromatic rings. The molecule has 0 aliphatic carbocycles. The van der Waals surface area contributed by atoms with Gasteiger partial charge in [0.05, 0.1) is 7.11 Å². The van der Waals surface area contributed by atoms with Crippen LogP contribution >= 0.6 is 0 Å². The molecule has 1 rings (SSSR count). The Balaban J connectivity index is 3.11. The maximum atomic E-state index is 13.4. The van der Waals surface area contributed by atoms with Crippen molar-refractivity contribution in [3.05, 3.63) is 29.1 Å². The lowest BCUT2D eigenvalue weighted by molar-refractivity contribution is -0.116. The van der Waals surface area contributed by atoms with Crippen LogP contribution in [-0.2, 0) is 11.2 Å². The lowest BCUT2D eigenvalue weighted by Gasteiger charge is -2.08. The number of ether oxygens (including phenoxy) is 1. The smallest absolute Gasteiger partial charge is 0.134 e. The number of carbonyl (C=O) groups excluding carboxylic acids is 1.